The van der Waals surface area contributed by atoms with E-state index < -0.39 is 12.0 Å². The van der Waals surface area contributed by atoms with Gasteiger partial charge in [0.25, 0.3) is 0 Å². The molecule has 0 saturated carbocycles. The van der Waals surface area contributed by atoms with Gasteiger partial charge in [0.1, 0.15) is 6.04 Å². The van der Waals surface area contributed by atoms with E-state index in [1.54, 1.807) is 4.90 Å². The molecule has 2 aliphatic heterocycles. The Balaban J connectivity index is 1.85. The van der Waals surface area contributed by atoms with E-state index in [1.807, 2.05) is 13.8 Å². The molecule has 3 amide bonds. The maximum absolute atomic E-state index is 12.5. The van der Waals surface area contributed by atoms with Gasteiger partial charge in [-0.1, -0.05) is 13.8 Å². The molecule has 2 heterocycles. The molecule has 0 bridgehead atoms. The number of piperidine rings is 1. The lowest BCUT2D eigenvalue weighted by molar-refractivity contribution is -0.148. The zero-order valence-electron chi connectivity index (χ0n) is 14.7. The van der Waals surface area contributed by atoms with Gasteiger partial charge in [-0.3, -0.25) is 4.79 Å². The van der Waals surface area contributed by atoms with Crippen LogP contribution in [0, 0.1) is 11.8 Å². The minimum absolute atomic E-state index is 0.0644. The summed E-state index contributed by atoms with van der Waals surface area (Å²) in [6, 6.07) is -0.739. The number of carboxylic acid groups (broad SMARTS) is 1. The number of nitrogens with zero attached hydrogens (tertiary/aromatic N) is 2. The number of amides is 3. The van der Waals surface area contributed by atoms with Gasteiger partial charge >= 0.3 is 12.0 Å². The maximum atomic E-state index is 12.5. The Hall–Kier alpha value is -1.79. The Labute approximate surface area is 143 Å². The molecule has 24 heavy (non-hydrogen) atoms. The van der Waals surface area contributed by atoms with Crippen molar-refractivity contribution in [3.05, 3.63) is 0 Å². The van der Waals surface area contributed by atoms with Gasteiger partial charge in [0.2, 0.25) is 5.91 Å². The normalized spacial score (nSPS) is 24.3. The van der Waals surface area contributed by atoms with E-state index in [0.29, 0.717) is 38.4 Å². The number of hydrogen-bond acceptors (Lipinski definition) is 3. The van der Waals surface area contributed by atoms with Gasteiger partial charge in [-0.15, -0.1) is 0 Å². The highest BCUT2D eigenvalue weighted by molar-refractivity contribution is 5.84. The molecule has 2 N–H and O–H groups in total. The van der Waals surface area contributed by atoms with Gasteiger partial charge in [0.15, 0.2) is 0 Å². The summed E-state index contributed by atoms with van der Waals surface area (Å²) in [5.74, 6) is -0.487. The van der Waals surface area contributed by atoms with E-state index in [1.165, 1.54) is 4.90 Å². The predicted octanol–water partition coefficient (Wildman–Crippen LogP) is 1.53. The molecule has 2 unspecified atom stereocenters. The van der Waals surface area contributed by atoms with Crippen molar-refractivity contribution in [1.29, 1.82) is 0 Å². The first-order chi connectivity index (χ1) is 11.4. The highest BCUT2D eigenvalue weighted by Crippen LogP contribution is 2.24. The zero-order chi connectivity index (χ0) is 17.7. The van der Waals surface area contributed by atoms with E-state index in [0.717, 1.165) is 25.8 Å². The summed E-state index contributed by atoms with van der Waals surface area (Å²) in [7, 11) is 0. The molecular weight excluding hydrogens is 310 g/mol. The predicted molar refractivity (Wildman–Crippen MR) is 89.5 cm³/mol. The van der Waals surface area contributed by atoms with Crippen LogP contribution in [0.2, 0.25) is 0 Å². The summed E-state index contributed by atoms with van der Waals surface area (Å²) in [5, 5.41) is 12.1. The first-order valence-corrected chi connectivity index (χ1v) is 8.93. The summed E-state index contributed by atoms with van der Waals surface area (Å²) in [6.07, 6.45) is 3.41. The standard InChI is InChI=1S/C17H29N3O4/c1-12(2)10-18-17(24)19-7-3-5-13(11-19)9-15(21)20-8-4-6-14(20)16(22)23/h12-14H,3-11H2,1-2H3,(H,18,24)(H,22,23). The highest BCUT2D eigenvalue weighted by Gasteiger charge is 2.35. The molecule has 2 rings (SSSR count). The first kappa shape index (κ1) is 18.5. The highest BCUT2D eigenvalue weighted by atomic mass is 16.4. The Kier molecular flexibility index (Phi) is 6.45. The SMILES string of the molecule is CC(C)CNC(=O)N1CCCC(CC(=O)N2CCCC2C(=O)O)C1. The average molecular weight is 339 g/mol. The second kappa shape index (κ2) is 8.35. The van der Waals surface area contributed by atoms with Gasteiger partial charge in [-0.05, 0) is 37.5 Å². The molecular formula is C17H29N3O4. The van der Waals surface area contributed by atoms with Crippen molar-refractivity contribution in [1.82, 2.24) is 15.1 Å². The lowest BCUT2D eigenvalue weighted by Gasteiger charge is -2.33. The van der Waals surface area contributed by atoms with Gasteiger partial charge in [0.05, 0.1) is 0 Å². The molecule has 136 valence electrons. The van der Waals surface area contributed by atoms with Gasteiger partial charge < -0.3 is 20.2 Å². The van der Waals surface area contributed by atoms with Crippen molar-refractivity contribution >= 4 is 17.9 Å². The molecule has 2 atom stereocenters. The van der Waals surface area contributed by atoms with E-state index in [2.05, 4.69) is 5.32 Å². The van der Waals surface area contributed by atoms with Crippen LogP contribution < -0.4 is 5.32 Å². The molecule has 2 aliphatic rings. The third kappa shape index (κ3) is 4.85. The fourth-order valence-electron chi connectivity index (χ4n) is 3.51. The van der Waals surface area contributed by atoms with E-state index in [-0.39, 0.29) is 17.9 Å². The van der Waals surface area contributed by atoms with Crippen LogP contribution in [0.4, 0.5) is 4.79 Å². The Morgan fingerprint density at radius 3 is 2.54 bits per heavy atom. The van der Waals surface area contributed by atoms with Gasteiger partial charge in [0, 0.05) is 32.6 Å². The fraction of sp³-hybridized carbons (Fsp3) is 0.824. The summed E-state index contributed by atoms with van der Waals surface area (Å²) >= 11 is 0. The summed E-state index contributed by atoms with van der Waals surface area (Å²) in [5.41, 5.74) is 0. The molecule has 0 spiro atoms. The number of likely N-dealkylation sites (tertiary alicyclic amines) is 2. The van der Waals surface area contributed by atoms with Crippen LogP contribution in [-0.2, 0) is 9.59 Å². The van der Waals surface area contributed by atoms with Crippen molar-refractivity contribution in [2.24, 2.45) is 11.8 Å². The average Bonchev–Trinajstić information content (AvgIpc) is 3.02. The van der Waals surface area contributed by atoms with Gasteiger partial charge in [-0.25, -0.2) is 9.59 Å². The second-order valence-corrected chi connectivity index (χ2v) is 7.32. The Bertz CT molecular complexity index is 480. The van der Waals surface area contributed by atoms with Crippen LogP contribution in [0.25, 0.3) is 0 Å². The number of aliphatic carboxylic acids is 1. The molecule has 7 heteroatoms. The topological polar surface area (TPSA) is 90.0 Å². The number of rotatable bonds is 5. The van der Waals surface area contributed by atoms with Crippen LogP contribution in [-0.4, -0.2) is 65.0 Å². The van der Waals surface area contributed by atoms with Crippen molar-refractivity contribution in [3.63, 3.8) is 0 Å². The zero-order valence-corrected chi connectivity index (χ0v) is 14.7. The third-order valence-corrected chi connectivity index (χ3v) is 4.79. The molecule has 0 aliphatic carbocycles. The molecule has 0 aromatic rings. The largest absolute Gasteiger partial charge is 0.480 e. The minimum Gasteiger partial charge on any atom is -0.480 e. The van der Waals surface area contributed by atoms with E-state index >= 15 is 0 Å². The number of hydrogen-bond donors (Lipinski definition) is 2. The number of urea groups is 1. The van der Waals surface area contributed by atoms with Crippen LogP contribution in [0.1, 0.15) is 46.0 Å². The van der Waals surface area contributed by atoms with Crippen LogP contribution >= 0.6 is 0 Å². The van der Waals surface area contributed by atoms with Crippen molar-refractivity contribution in [2.75, 3.05) is 26.2 Å². The summed E-state index contributed by atoms with van der Waals surface area (Å²) < 4.78 is 0. The van der Waals surface area contributed by atoms with Crippen molar-refractivity contribution in [3.8, 4) is 0 Å². The maximum Gasteiger partial charge on any atom is 0.326 e. The quantitative estimate of drug-likeness (QED) is 0.795. The lowest BCUT2D eigenvalue weighted by Crippen LogP contribution is -2.47. The Morgan fingerprint density at radius 2 is 1.88 bits per heavy atom. The Morgan fingerprint density at radius 1 is 1.17 bits per heavy atom. The van der Waals surface area contributed by atoms with Gasteiger partial charge in [-0.2, -0.15) is 0 Å². The van der Waals surface area contributed by atoms with Crippen LogP contribution in [0.5, 0.6) is 0 Å². The summed E-state index contributed by atoms with van der Waals surface area (Å²) in [4.78, 5) is 39.1. The second-order valence-electron chi connectivity index (χ2n) is 7.32. The van der Waals surface area contributed by atoms with E-state index in [9.17, 15) is 19.5 Å². The van der Waals surface area contributed by atoms with E-state index in [4.69, 9.17) is 0 Å². The first-order valence-electron chi connectivity index (χ1n) is 8.93. The monoisotopic (exact) mass is 339 g/mol. The van der Waals surface area contributed by atoms with Crippen LogP contribution in [0.3, 0.4) is 0 Å². The molecule has 0 radical (unpaired) electrons. The number of carbonyl (C=O) groups is 3. The molecule has 0 aromatic heterocycles. The number of carbonyl (C=O) groups excluding carboxylic acids is 2. The molecule has 7 nitrogen and oxygen atoms in total. The van der Waals surface area contributed by atoms with Crippen LogP contribution in [0.15, 0.2) is 0 Å². The molecule has 2 fully saturated rings. The summed E-state index contributed by atoms with van der Waals surface area (Å²) in [6.45, 7) is 6.56. The minimum atomic E-state index is -0.917. The lowest BCUT2D eigenvalue weighted by atomic mass is 9.94. The number of nitrogens with one attached hydrogen (secondary N) is 1. The smallest absolute Gasteiger partial charge is 0.326 e. The fourth-order valence-corrected chi connectivity index (χ4v) is 3.51. The molecule has 0 aromatic carbocycles. The number of carboxylic acids is 1. The van der Waals surface area contributed by atoms with Crippen molar-refractivity contribution in [2.45, 2.75) is 52.0 Å². The van der Waals surface area contributed by atoms with Crippen molar-refractivity contribution < 1.29 is 19.5 Å². The third-order valence-electron chi connectivity index (χ3n) is 4.79. The molecule has 2 saturated heterocycles.